The molecule has 2 atom stereocenters. The van der Waals surface area contributed by atoms with Gasteiger partial charge in [0.25, 0.3) is 16.1 Å². The highest BCUT2D eigenvalue weighted by molar-refractivity contribution is 7.86. The maximum Gasteiger partial charge on any atom is 0.282 e. The zero-order chi connectivity index (χ0) is 34.3. The van der Waals surface area contributed by atoms with E-state index in [9.17, 15) is 23.3 Å². The first-order valence-electron chi connectivity index (χ1n) is 16.8. The number of amidine groups is 1. The lowest BCUT2D eigenvalue weighted by Gasteiger charge is -2.38. The van der Waals surface area contributed by atoms with Crippen molar-refractivity contribution in [1.82, 2.24) is 28.4 Å². The number of aromatic nitrogens is 2. The largest absolute Gasteiger partial charge is 0.298 e. The molecule has 2 saturated heterocycles. The number of hydrogen-bond donors (Lipinski definition) is 0. The van der Waals surface area contributed by atoms with E-state index in [-0.39, 0.29) is 36.0 Å². The molecule has 1 saturated carbocycles. The Hall–Kier alpha value is -4.35. The number of piperazine rings is 1. The molecule has 0 bridgehead atoms. The van der Waals surface area contributed by atoms with Crippen molar-refractivity contribution >= 4 is 27.7 Å². The number of amides is 1. The van der Waals surface area contributed by atoms with Crippen LogP contribution in [0.1, 0.15) is 47.3 Å². The fraction of sp³-hybridized carbons (Fsp3) is 0.444. The molecule has 1 amide bonds. The third-order valence-electron chi connectivity index (χ3n) is 10.5. The van der Waals surface area contributed by atoms with Crippen LogP contribution in [0.3, 0.4) is 0 Å². The summed E-state index contributed by atoms with van der Waals surface area (Å²) in [5.41, 5.74) is 1.47. The van der Waals surface area contributed by atoms with Gasteiger partial charge < -0.3 is 0 Å². The number of pyridine rings is 2. The summed E-state index contributed by atoms with van der Waals surface area (Å²) < 4.78 is 30.6. The molecule has 3 fully saturated rings. The molecule has 3 aliphatic heterocycles. The molecule has 1 aromatic carbocycles. The van der Waals surface area contributed by atoms with Crippen LogP contribution < -0.4 is 0 Å². The number of rotatable bonds is 11. The van der Waals surface area contributed by atoms with Crippen LogP contribution in [-0.2, 0) is 27.8 Å². The van der Waals surface area contributed by atoms with Crippen molar-refractivity contribution in [2.45, 2.75) is 50.7 Å². The van der Waals surface area contributed by atoms with E-state index in [2.05, 4.69) is 34.8 Å². The third-order valence-corrected chi connectivity index (χ3v) is 12.4. The number of ketones is 1. The van der Waals surface area contributed by atoms with Gasteiger partial charge in [-0.15, -0.1) is 0 Å². The second-order valence-corrected chi connectivity index (χ2v) is 15.7. The average Bonchev–Trinajstić information content (AvgIpc) is 3.44. The highest BCUT2D eigenvalue weighted by Gasteiger charge is 2.65. The summed E-state index contributed by atoms with van der Waals surface area (Å²) in [7, 11) is -3.63. The average molecular weight is 681 g/mol. The van der Waals surface area contributed by atoms with Gasteiger partial charge in [0.1, 0.15) is 11.4 Å². The predicted molar refractivity (Wildman–Crippen MR) is 183 cm³/mol. The molecule has 7 rings (SSSR count). The maximum atomic E-state index is 14.9. The van der Waals surface area contributed by atoms with Crippen LogP contribution in [-0.4, -0.2) is 111 Å². The van der Waals surface area contributed by atoms with Gasteiger partial charge >= 0.3 is 0 Å². The van der Waals surface area contributed by atoms with Crippen LogP contribution in [0, 0.1) is 23.2 Å². The van der Waals surface area contributed by atoms with E-state index in [0.717, 1.165) is 11.1 Å². The van der Waals surface area contributed by atoms with Gasteiger partial charge in [-0.2, -0.15) is 22.3 Å². The Morgan fingerprint density at radius 3 is 1.94 bits per heavy atom. The highest BCUT2D eigenvalue weighted by atomic mass is 32.2. The lowest BCUT2D eigenvalue weighted by Crippen LogP contribution is -2.55. The number of aliphatic imine (C=N–C) groups is 1. The van der Waals surface area contributed by atoms with Crippen molar-refractivity contribution in [3.8, 4) is 6.07 Å². The summed E-state index contributed by atoms with van der Waals surface area (Å²) in [4.78, 5) is 46.0. The smallest absolute Gasteiger partial charge is 0.282 e. The molecule has 2 aromatic heterocycles. The first-order chi connectivity index (χ1) is 23.6. The van der Waals surface area contributed by atoms with E-state index in [0.29, 0.717) is 75.1 Å². The fourth-order valence-corrected chi connectivity index (χ4v) is 9.38. The number of carbonyl (C=O) groups excluding carboxylic acids is 2. The van der Waals surface area contributed by atoms with E-state index in [1.54, 1.807) is 62.6 Å². The van der Waals surface area contributed by atoms with E-state index in [1.807, 2.05) is 24.3 Å². The summed E-state index contributed by atoms with van der Waals surface area (Å²) in [6.45, 7) is 7.21. The normalized spacial score (nSPS) is 24.1. The van der Waals surface area contributed by atoms with Crippen molar-refractivity contribution in [1.29, 1.82) is 5.26 Å². The molecule has 2 unspecified atom stereocenters. The summed E-state index contributed by atoms with van der Waals surface area (Å²) in [6.07, 6.45) is 7.29. The number of benzene rings is 1. The molecule has 0 radical (unpaired) electrons. The number of hydrogen-bond acceptors (Lipinski definition) is 9. The topological polar surface area (TPSA) is 143 Å². The van der Waals surface area contributed by atoms with Crippen molar-refractivity contribution < 1.29 is 18.0 Å². The van der Waals surface area contributed by atoms with Crippen molar-refractivity contribution in [2.24, 2.45) is 16.8 Å². The number of fused-ring (bicyclic) bond motifs is 1. The maximum absolute atomic E-state index is 14.9. The number of carbonyl (C=O) groups is 2. The summed E-state index contributed by atoms with van der Waals surface area (Å²) in [5.74, 6) is -0.0873. The number of Topliss-reactive ketones (excluding diaryl/α,β-unsaturated/α-hetero) is 1. The molecular weight excluding hydrogens is 641 g/mol. The van der Waals surface area contributed by atoms with Gasteiger partial charge in [0.15, 0.2) is 5.78 Å². The van der Waals surface area contributed by atoms with Gasteiger partial charge in [0.05, 0.1) is 18.1 Å². The second-order valence-electron chi connectivity index (χ2n) is 13.8. The first-order valence-corrected chi connectivity index (χ1v) is 18.2. The van der Waals surface area contributed by atoms with Crippen LogP contribution in [0.5, 0.6) is 0 Å². The van der Waals surface area contributed by atoms with Crippen LogP contribution in [0.2, 0.25) is 0 Å². The van der Waals surface area contributed by atoms with Crippen molar-refractivity contribution in [3.05, 3.63) is 95.6 Å². The monoisotopic (exact) mass is 680 g/mol. The first kappa shape index (κ1) is 33.2. The van der Waals surface area contributed by atoms with Gasteiger partial charge in [-0.3, -0.25) is 34.3 Å². The minimum absolute atomic E-state index is 0.0523. The molecule has 254 valence electrons. The molecule has 49 heavy (non-hydrogen) atoms. The van der Waals surface area contributed by atoms with E-state index < -0.39 is 15.7 Å². The van der Waals surface area contributed by atoms with Crippen molar-refractivity contribution in [2.75, 3.05) is 39.3 Å². The molecule has 13 heteroatoms. The Kier molecular flexibility index (Phi) is 8.91. The highest BCUT2D eigenvalue weighted by Crippen LogP contribution is 2.52. The van der Waals surface area contributed by atoms with Crippen LogP contribution >= 0.6 is 0 Å². The Labute approximate surface area is 287 Å². The van der Waals surface area contributed by atoms with Crippen LogP contribution in [0.15, 0.2) is 78.3 Å². The van der Waals surface area contributed by atoms with Gasteiger partial charge in [0, 0.05) is 106 Å². The van der Waals surface area contributed by atoms with Crippen molar-refractivity contribution in [3.63, 3.8) is 0 Å². The fourth-order valence-electron chi connectivity index (χ4n) is 7.71. The zero-order valence-corrected chi connectivity index (χ0v) is 28.5. The molecular formula is C36H40N8O4S. The summed E-state index contributed by atoms with van der Waals surface area (Å²) in [6, 6.07) is 16.1. The lowest BCUT2D eigenvalue weighted by atomic mass is 9.85. The third kappa shape index (κ3) is 6.41. The summed E-state index contributed by atoms with van der Waals surface area (Å²) >= 11 is 0. The quantitative estimate of drug-likeness (QED) is 0.282. The van der Waals surface area contributed by atoms with E-state index in [4.69, 9.17) is 4.99 Å². The zero-order valence-electron chi connectivity index (χ0n) is 27.7. The van der Waals surface area contributed by atoms with Gasteiger partial charge in [0.2, 0.25) is 0 Å². The number of piperidine rings is 1. The second kappa shape index (κ2) is 13.2. The standard InChI is InChI=1S/C36H40N8O4S/c1-25(2)41-15-17-42(18-16-41)49(47,48)43-23-30-31(24-43)34(30)44-33(19-32(45)29-5-3-28(22-37)4-6-29)40-36(35(44)46,20-26-7-11-38-12-8-26)21-27-9-13-39-14-10-27/h3-14,25,30-31,34H,15-21,23-24H2,1-2H3. The molecule has 5 heterocycles. The molecule has 0 spiro atoms. The molecule has 4 aliphatic rings. The van der Waals surface area contributed by atoms with Gasteiger partial charge in [-0.1, -0.05) is 12.1 Å². The molecule has 3 aromatic rings. The minimum atomic E-state index is -3.63. The van der Waals surface area contributed by atoms with E-state index >= 15 is 0 Å². The molecule has 1 aliphatic carbocycles. The molecule has 12 nitrogen and oxygen atoms in total. The van der Waals surface area contributed by atoms with Crippen LogP contribution in [0.4, 0.5) is 0 Å². The Morgan fingerprint density at radius 2 is 1.43 bits per heavy atom. The minimum Gasteiger partial charge on any atom is -0.298 e. The summed E-state index contributed by atoms with van der Waals surface area (Å²) in [5, 5.41) is 9.23. The van der Waals surface area contributed by atoms with Crippen LogP contribution in [0.25, 0.3) is 0 Å². The number of nitrogens with zero attached hydrogens (tertiary/aromatic N) is 8. The number of nitriles is 1. The molecule has 0 N–H and O–H groups in total. The Morgan fingerprint density at radius 1 is 0.878 bits per heavy atom. The van der Waals surface area contributed by atoms with Gasteiger partial charge in [-0.05, 0) is 61.4 Å². The lowest BCUT2D eigenvalue weighted by molar-refractivity contribution is -0.132. The SMILES string of the molecule is CC(C)N1CCN(S(=O)(=O)N2CC3C(C2)C3N2C(=O)C(Cc3ccncc3)(Cc3ccncc3)N=C2CC(=O)c2ccc(C#N)cc2)CC1. The Balaban J connectivity index is 1.17. The predicted octanol–water partition coefficient (Wildman–Crippen LogP) is 2.59. The Bertz CT molecular complexity index is 1830. The van der Waals surface area contributed by atoms with E-state index in [1.165, 1.54) is 0 Å². The van der Waals surface area contributed by atoms with Gasteiger partial charge in [-0.25, -0.2) is 0 Å².